The summed E-state index contributed by atoms with van der Waals surface area (Å²) in [7, 11) is 1.29. The fourth-order valence-electron chi connectivity index (χ4n) is 4.27. The number of ether oxygens (including phenoxy) is 3. The molecule has 0 aliphatic rings. The first-order valence-electron chi connectivity index (χ1n) is 13.0. The molecule has 39 heavy (non-hydrogen) atoms. The van der Waals surface area contributed by atoms with Gasteiger partial charge in [-0.1, -0.05) is 25.4 Å². The summed E-state index contributed by atoms with van der Waals surface area (Å²) in [5.74, 6) is 0.953. The molecule has 0 aliphatic heterocycles. The van der Waals surface area contributed by atoms with Crippen LogP contribution in [0, 0.1) is 0 Å². The quantitative estimate of drug-likeness (QED) is 0.105. The number of furan rings is 1. The van der Waals surface area contributed by atoms with Crippen molar-refractivity contribution in [3.05, 3.63) is 82.9 Å². The van der Waals surface area contributed by atoms with E-state index >= 15 is 0 Å². The highest BCUT2D eigenvalue weighted by atomic mass is 35.5. The van der Waals surface area contributed by atoms with E-state index in [1.165, 1.54) is 7.11 Å². The van der Waals surface area contributed by atoms with Crippen LogP contribution in [-0.2, 0) is 9.53 Å². The molecule has 0 atom stereocenters. The lowest BCUT2D eigenvalue weighted by Gasteiger charge is -2.17. The predicted octanol–water partition coefficient (Wildman–Crippen LogP) is 6.65. The van der Waals surface area contributed by atoms with Crippen molar-refractivity contribution in [2.75, 3.05) is 40.0 Å². The van der Waals surface area contributed by atoms with Crippen LogP contribution in [-0.4, -0.2) is 56.6 Å². The Morgan fingerprint density at radius 1 is 0.897 bits per heavy atom. The number of carbonyl (C=O) groups excluding carboxylic acids is 2. The Balaban J connectivity index is 1.56. The van der Waals surface area contributed by atoms with E-state index in [1.807, 2.05) is 24.3 Å². The van der Waals surface area contributed by atoms with Crippen LogP contribution in [0.25, 0.3) is 22.3 Å². The topological polar surface area (TPSA) is 78.2 Å². The molecule has 0 amide bonds. The van der Waals surface area contributed by atoms with Gasteiger partial charge < -0.3 is 23.5 Å². The molecule has 0 aliphatic carbocycles. The maximum atomic E-state index is 13.7. The number of rotatable bonds is 13. The van der Waals surface area contributed by atoms with Crippen LogP contribution < -0.4 is 9.47 Å². The molecule has 8 heteroatoms. The predicted molar refractivity (Wildman–Crippen MR) is 152 cm³/mol. The van der Waals surface area contributed by atoms with E-state index in [-0.39, 0.29) is 12.4 Å². The largest absolute Gasteiger partial charge is 0.494 e. The van der Waals surface area contributed by atoms with Crippen molar-refractivity contribution < 1.29 is 28.2 Å². The van der Waals surface area contributed by atoms with E-state index in [1.54, 1.807) is 42.5 Å². The van der Waals surface area contributed by atoms with Gasteiger partial charge in [0.05, 0.1) is 19.3 Å². The van der Waals surface area contributed by atoms with Crippen molar-refractivity contribution in [2.45, 2.75) is 20.3 Å². The van der Waals surface area contributed by atoms with Crippen LogP contribution in [0.2, 0.25) is 5.02 Å². The number of ketones is 1. The molecule has 0 fully saturated rings. The second-order valence-corrected chi connectivity index (χ2v) is 9.35. The molecule has 1 heterocycles. The van der Waals surface area contributed by atoms with Gasteiger partial charge in [0.25, 0.3) is 0 Å². The molecule has 0 saturated heterocycles. The highest BCUT2D eigenvalue weighted by Gasteiger charge is 2.24. The van der Waals surface area contributed by atoms with Crippen LogP contribution in [0.4, 0.5) is 0 Å². The maximum absolute atomic E-state index is 13.7. The molecule has 1 aromatic heterocycles. The normalized spacial score (nSPS) is 11.1. The Hall–Kier alpha value is -3.81. The summed E-state index contributed by atoms with van der Waals surface area (Å²) >= 11 is 6.28. The Morgan fingerprint density at radius 3 is 2.23 bits per heavy atom. The van der Waals surface area contributed by atoms with Gasteiger partial charge in [-0.3, -0.25) is 4.79 Å². The number of hydrogen-bond acceptors (Lipinski definition) is 7. The van der Waals surface area contributed by atoms with Gasteiger partial charge in [0.2, 0.25) is 0 Å². The van der Waals surface area contributed by atoms with Crippen LogP contribution in [0.15, 0.2) is 71.1 Å². The molecule has 0 radical (unpaired) electrons. The molecule has 0 saturated carbocycles. The van der Waals surface area contributed by atoms with Crippen LogP contribution >= 0.6 is 11.6 Å². The van der Waals surface area contributed by atoms with E-state index < -0.39 is 5.97 Å². The number of halogens is 1. The first-order valence-corrected chi connectivity index (χ1v) is 13.3. The second kappa shape index (κ2) is 13.3. The molecular formula is C31H32ClNO6. The van der Waals surface area contributed by atoms with E-state index in [9.17, 15) is 9.59 Å². The van der Waals surface area contributed by atoms with Gasteiger partial charge in [-0.15, -0.1) is 0 Å². The second-order valence-electron chi connectivity index (χ2n) is 8.92. The number of methoxy groups -OCH3 is 1. The summed E-state index contributed by atoms with van der Waals surface area (Å²) in [4.78, 5) is 27.5. The highest BCUT2D eigenvalue weighted by Crippen LogP contribution is 2.37. The lowest BCUT2D eigenvalue weighted by molar-refractivity contribution is -0.142. The van der Waals surface area contributed by atoms with Crippen molar-refractivity contribution in [3.63, 3.8) is 0 Å². The number of nitrogens with zero attached hydrogens (tertiary/aromatic N) is 1. The lowest BCUT2D eigenvalue weighted by atomic mass is 9.97. The third-order valence-corrected chi connectivity index (χ3v) is 6.71. The number of fused-ring (bicyclic) bond motifs is 1. The van der Waals surface area contributed by atoms with Crippen LogP contribution in [0.1, 0.15) is 36.2 Å². The zero-order chi connectivity index (χ0) is 27.8. The molecule has 4 rings (SSSR count). The Bertz CT molecular complexity index is 1410. The van der Waals surface area contributed by atoms with Gasteiger partial charge in [0.1, 0.15) is 22.8 Å². The van der Waals surface area contributed by atoms with Crippen molar-refractivity contribution in [1.29, 1.82) is 0 Å². The molecule has 4 aromatic rings. The summed E-state index contributed by atoms with van der Waals surface area (Å²) in [5, 5.41) is 1.13. The fourth-order valence-corrected chi connectivity index (χ4v) is 4.44. The van der Waals surface area contributed by atoms with Crippen LogP contribution in [0.3, 0.4) is 0 Å². The van der Waals surface area contributed by atoms with Crippen molar-refractivity contribution >= 4 is 34.3 Å². The molecule has 0 spiro atoms. The molecule has 0 N–H and O–H groups in total. The monoisotopic (exact) mass is 549 g/mol. The average Bonchev–Trinajstić information content (AvgIpc) is 3.34. The van der Waals surface area contributed by atoms with E-state index in [0.717, 1.165) is 37.4 Å². The zero-order valence-electron chi connectivity index (χ0n) is 22.4. The Labute approximate surface area is 233 Å². The fraction of sp³-hybridized carbons (Fsp3) is 0.290. The lowest BCUT2D eigenvalue weighted by Crippen LogP contribution is -2.25. The third-order valence-electron chi connectivity index (χ3n) is 6.48. The third kappa shape index (κ3) is 6.99. The molecule has 0 unspecified atom stereocenters. The summed E-state index contributed by atoms with van der Waals surface area (Å²) in [5.41, 5.74) is 2.17. The van der Waals surface area contributed by atoms with Crippen molar-refractivity contribution in [3.8, 4) is 22.8 Å². The number of esters is 1. The highest BCUT2D eigenvalue weighted by molar-refractivity contribution is 6.32. The van der Waals surface area contributed by atoms with Gasteiger partial charge >= 0.3 is 5.97 Å². The summed E-state index contributed by atoms with van der Waals surface area (Å²) in [6, 6.07) is 19.3. The number of carbonyl (C=O) groups is 2. The smallest absolute Gasteiger partial charge is 0.343 e. The van der Waals surface area contributed by atoms with Gasteiger partial charge in [-0.05, 0) is 86.2 Å². The first-order chi connectivity index (χ1) is 18.9. The zero-order valence-corrected chi connectivity index (χ0v) is 23.1. The molecule has 7 nitrogen and oxygen atoms in total. The molecule has 0 bridgehead atoms. The first kappa shape index (κ1) is 28.2. The minimum absolute atomic E-state index is 0.214. The SMILES string of the molecule is CCN(CC)CCCOc1ccc(-c2oc3ccc(Cl)cc3c2C(=O)c2ccc(OCC(=O)OC)cc2)cc1. The Morgan fingerprint density at radius 2 is 1.56 bits per heavy atom. The van der Waals surface area contributed by atoms with Gasteiger partial charge in [0.15, 0.2) is 12.4 Å². The summed E-state index contributed by atoms with van der Waals surface area (Å²) in [6.45, 7) is 7.79. The summed E-state index contributed by atoms with van der Waals surface area (Å²) in [6.07, 6.45) is 0.943. The van der Waals surface area contributed by atoms with Crippen molar-refractivity contribution in [2.24, 2.45) is 0 Å². The molecular weight excluding hydrogens is 518 g/mol. The van der Waals surface area contributed by atoms with Gasteiger partial charge in [0, 0.05) is 28.1 Å². The van der Waals surface area contributed by atoms with Gasteiger partial charge in [-0.25, -0.2) is 4.79 Å². The number of hydrogen-bond donors (Lipinski definition) is 0. The van der Waals surface area contributed by atoms with Crippen LogP contribution in [0.5, 0.6) is 11.5 Å². The average molecular weight is 550 g/mol. The maximum Gasteiger partial charge on any atom is 0.343 e. The van der Waals surface area contributed by atoms with Crippen molar-refractivity contribution in [1.82, 2.24) is 4.90 Å². The molecule has 3 aromatic carbocycles. The minimum atomic E-state index is -0.488. The standard InChI is InChI=1S/C31H32ClNO6/c1-4-33(5-2)17-6-18-37-24-14-9-22(10-15-24)31-29(26-19-23(32)11-16-27(26)39-31)30(35)21-7-12-25(13-8-21)38-20-28(34)36-3/h7-16,19H,4-6,17-18,20H2,1-3H3. The minimum Gasteiger partial charge on any atom is -0.494 e. The van der Waals surface area contributed by atoms with Gasteiger partial charge in [-0.2, -0.15) is 0 Å². The number of benzene rings is 3. The van der Waals surface area contributed by atoms with E-state index in [2.05, 4.69) is 23.5 Å². The van der Waals surface area contributed by atoms with E-state index in [4.69, 9.17) is 25.5 Å². The summed E-state index contributed by atoms with van der Waals surface area (Å²) < 4.78 is 22.1. The molecule has 204 valence electrons. The van der Waals surface area contributed by atoms with E-state index in [0.29, 0.717) is 45.2 Å². The Kier molecular flexibility index (Phi) is 9.63.